The number of rotatable bonds is 4. The summed E-state index contributed by atoms with van der Waals surface area (Å²) in [7, 11) is 0. The van der Waals surface area contributed by atoms with Crippen LogP contribution < -0.4 is 5.32 Å². The highest BCUT2D eigenvalue weighted by Gasteiger charge is 2.19. The monoisotopic (exact) mass is 260 g/mol. The third-order valence-electron chi connectivity index (χ3n) is 3.66. The van der Waals surface area contributed by atoms with Crippen LogP contribution in [0.2, 0.25) is 0 Å². The summed E-state index contributed by atoms with van der Waals surface area (Å²) in [6, 6.07) is 10.7. The first-order valence-corrected chi connectivity index (χ1v) is 7.86. The summed E-state index contributed by atoms with van der Waals surface area (Å²) in [6.45, 7) is 0.879. The van der Waals surface area contributed by atoms with Crippen LogP contribution in [0.5, 0.6) is 0 Å². The maximum Gasteiger partial charge on any atom is 0.0991 e. The molecule has 1 fully saturated rings. The van der Waals surface area contributed by atoms with Crippen LogP contribution in [-0.4, -0.2) is 17.5 Å². The predicted octanol–water partition coefficient (Wildman–Crippen LogP) is 3.32. The number of benzene rings is 1. The molecule has 0 bridgehead atoms. The van der Waals surface area contributed by atoms with E-state index in [1.807, 2.05) is 30.0 Å². The molecule has 0 saturated heterocycles. The second-order valence-corrected chi connectivity index (χ2v) is 6.04. The van der Waals surface area contributed by atoms with Crippen LogP contribution in [0.15, 0.2) is 24.3 Å². The van der Waals surface area contributed by atoms with Crippen molar-refractivity contribution in [1.29, 1.82) is 5.26 Å². The van der Waals surface area contributed by atoms with Gasteiger partial charge in [-0.3, -0.25) is 0 Å². The van der Waals surface area contributed by atoms with E-state index >= 15 is 0 Å². The predicted molar refractivity (Wildman–Crippen MR) is 77.6 cm³/mol. The van der Waals surface area contributed by atoms with Crippen LogP contribution in [0.4, 0.5) is 0 Å². The van der Waals surface area contributed by atoms with Gasteiger partial charge in [0.2, 0.25) is 0 Å². The molecule has 1 N–H and O–H groups in total. The number of hydrogen-bond acceptors (Lipinski definition) is 3. The van der Waals surface area contributed by atoms with Gasteiger partial charge in [-0.1, -0.05) is 12.1 Å². The number of nitrogens with one attached hydrogen (secondary N) is 1. The normalized spacial score (nSPS) is 23.6. The Morgan fingerprint density at radius 2 is 2.11 bits per heavy atom. The SMILES string of the molecule is CSC1CCC(NCc2cccc(C#N)c2)CC1. The molecule has 0 spiro atoms. The Hall–Kier alpha value is -0.980. The average Bonchev–Trinajstić information content (AvgIpc) is 2.46. The van der Waals surface area contributed by atoms with Crippen LogP contribution in [0, 0.1) is 11.3 Å². The summed E-state index contributed by atoms with van der Waals surface area (Å²) in [4.78, 5) is 0. The number of nitriles is 1. The molecule has 0 amide bonds. The molecule has 2 nitrogen and oxygen atoms in total. The molecule has 2 rings (SSSR count). The summed E-state index contributed by atoms with van der Waals surface area (Å²) in [5, 5.41) is 13.3. The molecule has 1 aliphatic carbocycles. The maximum absolute atomic E-state index is 8.86. The second kappa shape index (κ2) is 6.82. The van der Waals surface area contributed by atoms with Gasteiger partial charge in [0, 0.05) is 17.8 Å². The van der Waals surface area contributed by atoms with E-state index in [1.165, 1.54) is 31.2 Å². The first-order chi connectivity index (χ1) is 8.81. The molecule has 1 saturated carbocycles. The molecule has 0 aliphatic heterocycles. The van der Waals surface area contributed by atoms with Crippen LogP contribution in [-0.2, 0) is 6.54 Å². The van der Waals surface area contributed by atoms with Crippen molar-refractivity contribution in [2.24, 2.45) is 0 Å². The number of hydrogen-bond donors (Lipinski definition) is 1. The average molecular weight is 260 g/mol. The highest BCUT2D eigenvalue weighted by atomic mass is 32.2. The van der Waals surface area contributed by atoms with Crippen molar-refractivity contribution in [3.63, 3.8) is 0 Å². The minimum absolute atomic E-state index is 0.652. The molecular weight excluding hydrogens is 240 g/mol. The van der Waals surface area contributed by atoms with Crippen molar-refractivity contribution in [3.05, 3.63) is 35.4 Å². The molecule has 0 unspecified atom stereocenters. The van der Waals surface area contributed by atoms with Crippen LogP contribution in [0.1, 0.15) is 36.8 Å². The van der Waals surface area contributed by atoms with Gasteiger partial charge in [0.25, 0.3) is 0 Å². The Kier molecular flexibility index (Phi) is 5.10. The maximum atomic E-state index is 8.86. The molecule has 1 aromatic carbocycles. The molecule has 0 heterocycles. The smallest absolute Gasteiger partial charge is 0.0991 e. The zero-order chi connectivity index (χ0) is 12.8. The Labute approximate surface area is 114 Å². The first kappa shape index (κ1) is 13.5. The van der Waals surface area contributed by atoms with Crippen molar-refractivity contribution in [3.8, 4) is 6.07 Å². The molecule has 3 heteroatoms. The van der Waals surface area contributed by atoms with Gasteiger partial charge in [0.05, 0.1) is 11.6 Å². The number of nitrogens with zero attached hydrogens (tertiary/aromatic N) is 1. The zero-order valence-corrected chi connectivity index (χ0v) is 11.7. The molecule has 1 aromatic rings. The van der Waals surface area contributed by atoms with E-state index < -0.39 is 0 Å². The van der Waals surface area contributed by atoms with Crippen molar-refractivity contribution >= 4 is 11.8 Å². The van der Waals surface area contributed by atoms with Gasteiger partial charge in [0.15, 0.2) is 0 Å². The lowest BCUT2D eigenvalue weighted by Gasteiger charge is -2.28. The Morgan fingerprint density at radius 1 is 1.33 bits per heavy atom. The Morgan fingerprint density at radius 3 is 2.78 bits per heavy atom. The van der Waals surface area contributed by atoms with Gasteiger partial charge in [-0.25, -0.2) is 0 Å². The topological polar surface area (TPSA) is 35.8 Å². The standard InChI is InChI=1S/C15H20N2S/c1-18-15-7-5-14(6-8-15)17-11-13-4-2-3-12(9-13)10-16/h2-4,9,14-15,17H,5-8,11H2,1H3. The quantitative estimate of drug-likeness (QED) is 0.902. The van der Waals surface area contributed by atoms with Crippen molar-refractivity contribution in [2.45, 2.75) is 43.5 Å². The third kappa shape index (κ3) is 3.76. The molecule has 0 aromatic heterocycles. The second-order valence-electron chi connectivity index (χ2n) is 4.90. The largest absolute Gasteiger partial charge is 0.310 e. The van der Waals surface area contributed by atoms with E-state index in [0.717, 1.165) is 17.4 Å². The van der Waals surface area contributed by atoms with Gasteiger partial charge in [-0.15, -0.1) is 0 Å². The van der Waals surface area contributed by atoms with Gasteiger partial charge in [0.1, 0.15) is 0 Å². The Bertz CT molecular complexity index is 417. The molecule has 1 aliphatic rings. The summed E-state index contributed by atoms with van der Waals surface area (Å²) in [5.74, 6) is 0. The lowest BCUT2D eigenvalue weighted by atomic mass is 9.95. The number of thioether (sulfide) groups is 1. The highest BCUT2D eigenvalue weighted by Crippen LogP contribution is 2.26. The summed E-state index contributed by atoms with van der Waals surface area (Å²) in [6.07, 6.45) is 7.44. The molecule has 96 valence electrons. The zero-order valence-electron chi connectivity index (χ0n) is 10.9. The van der Waals surface area contributed by atoms with Gasteiger partial charge in [-0.05, 0) is 49.6 Å². The van der Waals surface area contributed by atoms with Crippen LogP contribution >= 0.6 is 11.8 Å². The van der Waals surface area contributed by atoms with E-state index in [0.29, 0.717) is 6.04 Å². The summed E-state index contributed by atoms with van der Waals surface area (Å²) in [5.41, 5.74) is 1.96. The lowest BCUT2D eigenvalue weighted by molar-refractivity contribution is 0.379. The first-order valence-electron chi connectivity index (χ1n) is 6.57. The van der Waals surface area contributed by atoms with Crippen molar-refractivity contribution < 1.29 is 0 Å². The van der Waals surface area contributed by atoms with E-state index in [1.54, 1.807) is 0 Å². The molecule has 0 radical (unpaired) electrons. The Balaban J connectivity index is 1.80. The highest BCUT2D eigenvalue weighted by molar-refractivity contribution is 7.99. The van der Waals surface area contributed by atoms with Gasteiger partial charge < -0.3 is 5.32 Å². The fourth-order valence-electron chi connectivity index (χ4n) is 2.52. The van der Waals surface area contributed by atoms with Gasteiger partial charge in [-0.2, -0.15) is 17.0 Å². The van der Waals surface area contributed by atoms with Crippen molar-refractivity contribution in [2.75, 3.05) is 6.26 Å². The van der Waals surface area contributed by atoms with Gasteiger partial charge >= 0.3 is 0 Å². The molecular formula is C15H20N2S. The molecule has 0 atom stereocenters. The van der Waals surface area contributed by atoms with E-state index in [2.05, 4.69) is 23.7 Å². The van der Waals surface area contributed by atoms with Crippen LogP contribution in [0.3, 0.4) is 0 Å². The van der Waals surface area contributed by atoms with Crippen molar-refractivity contribution in [1.82, 2.24) is 5.32 Å². The van der Waals surface area contributed by atoms with E-state index in [-0.39, 0.29) is 0 Å². The minimum Gasteiger partial charge on any atom is -0.310 e. The summed E-state index contributed by atoms with van der Waals surface area (Å²) >= 11 is 2.00. The van der Waals surface area contributed by atoms with E-state index in [4.69, 9.17) is 5.26 Å². The van der Waals surface area contributed by atoms with Crippen LogP contribution in [0.25, 0.3) is 0 Å². The molecule has 18 heavy (non-hydrogen) atoms. The minimum atomic E-state index is 0.652. The lowest BCUT2D eigenvalue weighted by Crippen LogP contribution is -2.33. The van der Waals surface area contributed by atoms with E-state index in [9.17, 15) is 0 Å². The summed E-state index contributed by atoms with van der Waals surface area (Å²) < 4.78 is 0. The fraction of sp³-hybridized carbons (Fsp3) is 0.533. The third-order valence-corrected chi connectivity index (χ3v) is 4.80. The fourth-order valence-corrected chi connectivity index (χ4v) is 3.26.